The number of carbonyl (C=O) groups excluding carboxylic acids is 1. The van der Waals surface area contributed by atoms with Crippen LogP contribution >= 0.6 is 0 Å². The summed E-state index contributed by atoms with van der Waals surface area (Å²) in [6.45, 7) is 5.24. The minimum absolute atomic E-state index is 0.00301. The lowest BCUT2D eigenvalue weighted by atomic mass is 9.81. The number of hydrogen-bond acceptors (Lipinski definition) is 3. The molecule has 1 amide bonds. The predicted molar refractivity (Wildman–Crippen MR) is 74.0 cm³/mol. The topological polar surface area (TPSA) is 41.6 Å². The molecule has 0 bridgehead atoms. The largest absolute Gasteiger partial charge is 0.444 e. The smallest absolute Gasteiger partial charge is 0.407 e. The highest BCUT2D eigenvalue weighted by atomic mass is 19.4. The maximum absolute atomic E-state index is 12.9. The lowest BCUT2D eigenvalue weighted by Gasteiger charge is -2.40. The van der Waals surface area contributed by atoms with E-state index in [4.69, 9.17) is 4.74 Å². The molecule has 124 valence electrons. The molecule has 0 aliphatic heterocycles. The van der Waals surface area contributed by atoms with Gasteiger partial charge in [0.1, 0.15) is 5.60 Å². The monoisotopic (exact) mass is 310 g/mol. The summed E-state index contributed by atoms with van der Waals surface area (Å²) in [6.07, 6.45) is -4.42. The fourth-order valence-corrected chi connectivity index (χ4v) is 2.64. The van der Waals surface area contributed by atoms with E-state index >= 15 is 0 Å². The number of nitrogens with one attached hydrogen (secondary N) is 1. The number of alkyl carbamates (subject to hydrolysis) is 1. The molecule has 0 heterocycles. The summed E-state index contributed by atoms with van der Waals surface area (Å²) in [5, 5.41) is 2.71. The molecule has 0 aromatic carbocycles. The van der Waals surface area contributed by atoms with E-state index in [1.165, 1.54) is 0 Å². The zero-order chi connectivity index (χ0) is 16.4. The van der Waals surface area contributed by atoms with Crippen molar-refractivity contribution in [3.8, 4) is 0 Å². The Morgan fingerprint density at radius 2 is 1.76 bits per heavy atom. The second-order valence-corrected chi connectivity index (χ2v) is 6.84. The van der Waals surface area contributed by atoms with Crippen LogP contribution in [0.2, 0.25) is 0 Å². The molecule has 0 spiro atoms. The van der Waals surface area contributed by atoms with Crippen molar-refractivity contribution in [3.63, 3.8) is 0 Å². The molecular weight excluding hydrogens is 285 g/mol. The van der Waals surface area contributed by atoms with Crippen molar-refractivity contribution in [2.24, 2.45) is 5.92 Å². The zero-order valence-electron chi connectivity index (χ0n) is 13.3. The summed E-state index contributed by atoms with van der Waals surface area (Å²) in [6, 6.07) is -0.675. The Morgan fingerprint density at radius 1 is 1.19 bits per heavy atom. The molecule has 1 rings (SSSR count). The molecule has 0 radical (unpaired) electrons. The molecule has 1 aliphatic rings. The average Bonchev–Trinajstić information content (AvgIpc) is 2.24. The van der Waals surface area contributed by atoms with Crippen molar-refractivity contribution in [2.45, 2.75) is 63.9 Å². The molecular formula is C14H25F3N2O2. The number of rotatable bonds is 2. The van der Waals surface area contributed by atoms with Gasteiger partial charge in [0.15, 0.2) is 0 Å². The molecule has 1 unspecified atom stereocenters. The number of likely N-dealkylation sites (N-methyl/N-ethyl adjacent to an activating group) is 1. The maximum Gasteiger partial charge on any atom is 0.407 e. The van der Waals surface area contributed by atoms with Gasteiger partial charge in [-0.1, -0.05) is 0 Å². The predicted octanol–water partition coefficient (Wildman–Crippen LogP) is 3.17. The summed E-state index contributed by atoms with van der Waals surface area (Å²) < 4.78 is 43.8. The van der Waals surface area contributed by atoms with Crippen LogP contribution in [0.1, 0.15) is 40.0 Å². The van der Waals surface area contributed by atoms with E-state index in [1.807, 2.05) is 0 Å². The first-order chi connectivity index (χ1) is 9.40. The quantitative estimate of drug-likeness (QED) is 0.852. The molecule has 21 heavy (non-hydrogen) atoms. The maximum atomic E-state index is 12.9. The molecule has 7 heteroatoms. The first-order valence-corrected chi connectivity index (χ1v) is 7.13. The van der Waals surface area contributed by atoms with Gasteiger partial charge in [-0.2, -0.15) is 13.2 Å². The standard InChI is InChI=1S/C14H25F3N2O2/c1-13(2,3)21-12(20)18-10-7-6-9(14(15,16)17)8-11(10)19(4)5/h9-11H,6-8H2,1-5H3,(H,18,20)/t9-,10?,11-/m0/s1. The van der Waals surface area contributed by atoms with Crippen LogP contribution in [0, 0.1) is 5.92 Å². The number of ether oxygens (including phenoxy) is 1. The third kappa shape index (κ3) is 5.73. The fraction of sp³-hybridized carbons (Fsp3) is 0.929. The van der Waals surface area contributed by atoms with Crippen molar-refractivity contribution in [3.05, 3.63) is 0 Å². The van der Waals surface area contributed by atoms with Crippen LogP contribution in [0.5, 0.6) is 0 Å². The highest BCUT2D eigenvalue weighted by molar-refractivity contribution is 5.68. The third-order valence-corrected chi connectivity index (χ3v) is 3.64. The summed E-state index contributed by atoms with van der Waals surface area (Å²) in [5.74, 6) is -1.30. The highest BCUT2D eigenvalue weighted by Crippen LogP contribution is 2.38. The van der Waals surface area contributed by atoms with Crippen LogP contribution in [0.15, 0.2) is 0 Å². The molecule has 1 aliphatic carbocycles. The molecule has 0 saturated heterocycles. The van der Waals surface area contributed by atoms with Gasteiger partial charge in [-0.3, -0.25) is 0 Å². The van der Waals surface area contributed by atoms with E-state index in [0.29, 0.717) is 6.42 Å². The molecule has 0 aromatic rings. The number of nitrogens with zero attached hydrogens (tertiary/aromatic N) is 1. The Balaban J connectivity index is 2.68. The molecule has 1 fully saturated rings. The Bertz CT molecular complexity index is 364. The van der Waals surface area contributed by atoms with Crippen LogP contribution < -0.4 is 5.32 Å². The van der Waals surface area contributed by atoms with Crippen LogP contribution in [0.4, 0.5) is 18.0 Å². The Hall–Kier alpha value is -0.980. The number of hydrogen-bond donors (Lipinski definition) is 1. The third-order valence-electron chi connectivity index (χ3n) is 3.64. The summed E-state index contributed by atoms with van der Waals surface area (Å²) in [4.78, 5) is 13.5. The zero-order valence-corrected chi connectivity index (χ0v) is 13.3. The van der Waals surface area contributed by atoms with Gasteiger partial charge >= 0.3 is 12.3 Å². The molecule has 1 N–H and O–H groups in total. The highest BCUT2D eigenvalue weighted by Gasteiger charge is 2.45. The van der Waals surface area contributed by atoms with Gasteiger partial charge < -0.3 is 15.0 Å². The minimum atomic E-state index is -4.18. The summed E-state index contributed by atoms with van der Waals surface area (Å²) in [5.41, 5.74) is -0.624. The summed E-state index contributed by atoms with van der Waals surface area (Å²) in [7, 11) is 3.46. The first-order valence-electron chi connectivity index (χ1n) is 7.13. The van der Waals surface area contributed by atoms with Gasteiger partial charge in [-0.15, -0.1) is 0 Å². The second-order valence-electron chi connectivity index (χ2n) is 6.84. The molecule has 4 nitrogen and oxygen atoms in total. The van der Waals surface area contributed by atoms with Gasteiger partial charge in [0.2, 0.25) is 0 Å². The molecule has 3 atom stereocenters. The van der Waals surface area contributed by atoms with Gasteiger partial charge in [0.25, 0.3) is 0 Å². The van der Waals surface area contributed by atoms with Crippen LogP contribution in [0.3, 0.4) is 0 Å². The van der Waals surface area contributed by atoms with Crippen molar-refractivity contribution >= 4 is 6.09 Å². The van der Waals surface area contributed by atoms with Crippen molar-refractivity contribution in [2.75, 3.05) is 14.1 Å². The lowest BCUT2D eigenvalue weighted by molar-refractivity contribution is -0.187. The van der Waals surface area contributed by atoms with Crippen LogP contribution in [-0.2, 0) is 4.74 Å². The molecule has 1 saturated carbocycles. The molecule has 0 aromatic heterocycles. The summed E-state index contributed by atoms with van der Waals surface area (Å²) >= 11 is 0. The first kappa shape index (κ1) is 18.1. The Morgan fingerprint density at radius 3 is 2.19 bits per heavy atom. The van der Waals surface area contributed by atoms with Gasteiger partial charge in [0, 0.05) is 12.1 Å². The second kappa shape index (κ2) is 6.42. The van der Waals surface area contributed by atoms with Crippen LogP contribution in [0.25, 0.3) is 0 Å². The van der Waals surface area contributed by atoms with E-state index < -0.39 is 23.8 Å². The number of halogens is 3. The average molecular weight is 310 g/mol. The van der Waals surface area contributed by atoms with E-state index in [1.54, 1.807) is 39.8 Å². The number of alkyl halides is 3. The Labute approximate surface area is 124 Å². The minimum Gasteiger partial charge on any atom is -0.444 e. The van der Waals surface area contributed by atoms with E-state index in [9.17, 15) is 18.0 Å². The number of amides is 1. The van der Waals surface area contributed by atoms with Gasteiger partial charge in [0.05, 0.1) is 5.92 Å². The number of carbonyl (C=O) groups is 1. The SMILES string of the molecule is CN(C)[C@H]1C[C@@H](C(F)(F)F)CCC1NC(=O)OC(C)(C)C. The van der Waals surface area contributed by atoms with Crippen LogP contribution in [-0.4, -0.2) is 48.9 Å². The van der Waals surface area contributed by atoms with Crippen molar-refractivity contribution in [1.82, 2.24) is 10.2 Å². The van der Waals surface area contributed by atoms with Gasteiger partial charge in [-0.05, 0) is 54.1 Å². The Kier molecular flexibility index (Phi) is 5.52. The van der Waals surface area contributed by atoms with E-state index in [0.717, 1.165) is 0 Å². The van der Waals surface area contributed by atoms with E-state index in [-0.39, 0.29) is 24.9 Å². The van der Waals surface area contributed by atoms with E-state index in [2.05, 4.69) is 5.32 Å². The normalized spacial score (nSPS) is 27.6. The van der Waals surface area contributed by atoms with Gasteiger partial charge in [-0.25, -0.2) is 4.79 Å². The van der Waals surface area contributed by atoms with Crippen molar-refractivity contribution in [1.29, 1.82) is 0 Å². The lowest BCUT2D eigenvalue weighted by Crippen LogP contribution is -2.54. The van der Waals surface area contributed by atoms with Crippen molar-refractivity contribution < 1.29 is 22.7 Å². The fourth-order valence-electron chi connectivity index (χ4n) is 2.64.